The van der Waals surface area contributed by atoms with Crippen LogP contribution in [0.15, 0.2) is 42.5 Å². The van der Waals surface area contributed by atoms with E-state index in [1.54, 1.807) is 14.2 Å². The summed E-state index contributed by atoms with van der Waals surface area (Å²) in [4.78, 5) is 0. The van der Waals surface area contributed by atoms with Crippen molar-refractivity contribution < 1.29 is 9.47 Å². The number of methoxy groups -OCH3 is 2. The first-order valence-corrected chi connectivity index (χ1v) is 13.0. The van der Waals surface area contributed by atoms with E-state index in [0.29, 0.717) is 0 Å². The molecule has 0 aliphatic rings. The molecule has 0 aliphatic carbocycles. The van der Waals surface area contributed by atoms with Gasteiger partial charge in [-0.3, -0.25) is 0 Å². The first-order valence-electron chi connectivity index (χ1n) is 8.73. The van der Waals surface area contributed by atoms with Crippen molar-refractivity contribution in [2.45, 2.75) is 32.6 Å². The number of halogens is 2. The summed E-state index contributed by atoms with van der Waals surface area (Å²) in [7, 11) is 3.33. The topological polar surface area (TPSA) is 18.5 Å². The average Bonchev–Trinajstić information content (AvgIpc) is 2.64. The van der Waals surface area contributed by atoms with E-state index in [2.05, 4.69) is 6.92 Å². The zero-order chi connectivity index (χ0) is 18.3. The van der Waals surface area contributed by atoms with Crippen LogP contribution in [0.4, 0.5) is 0 Å². The Balaban J connectivity index is 2.45. The van der Waals surface area contributed by atoms with E-state index in [9.17, 15) is 0 Å². The molecule has 2 aromatic rings. The molecular formula is C20H27Cl2O2P. The van der Waals surface area contributed by atoms with Gasteiger partial charge in [-0.05, 0) is 0 Å². The van der Waals surface area contributed by atoms with Crippen LogP contribution in [0.25, 0.3) is 11.1 Å². The zero-order valence-corrected chi connectivity index (χ0v) is 17.7. The standard InChI is InChI=1S/C20H27Cl2O2P/c1-4-5-6-9-15-25(21,22)19-14-8-7-11-16(19)20-17(23-2)12-10-13-18(20)24-3/h7-8,10-14,25H,4-6,9,15H2,1-3H3. The van der Waals surface area contributed by atoms with E-state index in [0.717, 1.165) is 40.5 Å². The van der Waals surface area contributed by atoms with Crippen LogP contribution >= 0.6 is 28.4 Å². The van der Waals surface area contributed by atoms with E-state index in [-0.39, 0.29) is 0 Å². The SMILES string of the molecule is CCCCCC[PH](Cl)(Cl)c1ccccc1-c1c(OC)cccc1OC. The molecule has 2 aromatic carbocycles. The van der Waals surface area contributed by atoms with E-state index in [4.69, 9.17) is 32.0 Å². The van der Waals surface area contributed by atoms with Crippen molar-refractivity contribution in [2.75, 3.05) is 20.4 Å². The van der Waals surface area contributed by atoms with Gasteiger partial charge in [-0.1, -0.05) is 0 Å². The predicted molar refractivity (Wildman–Crippen MR) is 114 cm³/mol. The Bertz CT molecular complexity index is 667. The second-order valence-corrected chi connectivity index (χ2v) is 13.0. The monoisotopic (exact) mass is 400 g/mol. The molecule has 0 aliphatic heterocycles. The number of hydrogen-bond donors (Lipinski definition) is 0. The fraction of sp³-hybridized carbons (Fsp3) is 0.400. The summed E-state index contributed by atoms with van der Waals surface area (Å²) in [5.41, 5.74) is 1.92. The van der Waals surface area contributed by atoms with Gasteiger partial charge in [0.05, 0.1) is 0 Å². The molecule has 0 atom stereocenters. The van der Waals surface area contributed by atoms with Gasteiger partial charge in [0.15, 0.2) is 0 Å². The Labute approximate surface area is 161 Å². The Kier molecular flexibility index (Phi) is 7.87. The van der Waals surface area contributed by atoms with Crippen LogP contribution in [0.2, 0.25) is 0 Å². The van der Waals surface area contributed by atoms with Gasteiger partial charge >= 0.3 is 161 Å². The molecule has 25 heavy (non-hydrogen) atoms. The summed E-state index contributed by atoms with van der Waals surface area (Å²) in [5.74, 6) is -1.07. The summed E-state index contributed by atoms with van der Waals surface area (Å²) in [6, 6.07) is 13.9. The van der Waals surface area contributed by atoms with E-state index in [1.165, 1.54) is 19.3 Å². The van der Waals surface area contributed by atoms with Crippen molar-refractivity contribution in [1.82, 2.24) is 0 Å². The van der Waals surface area contributed by atoms with Crippen molar-refractivity contribution in [3.63, 3.8) is 0 Å². The molecule has 0 unspecified atom stereocenters. The first kappa shape index (κ1) is 20.4. The van der Waals surface area contributed by atoms with Crippen molar-refractivity contribution in [1.29, 1.82) is 0 Å². The van der Waals surface area contributed by atoms with Gasteiger partial charge in [-0.15, -0.1) is 0 Å². The Morgan fingerprint density at radius 3 is 2.08 bits per heavy atom. The number of benzene rings is 2. The maximum absolute atomic E-state index is 6.91. The molecule has 0 aromatic heterocycles. The predicted octanol–water partition coefficient (Wildman–Crippen LogP) is 6.63. The van der Waals surface area contributed by atoms with Gasteiger partial charge in [0.2, 0.25) is 0 Å². The molecule has 138 valence electrons. The fourth-order valence-electron chi connectivity index (χ4n) is 3.05. The van der Waals surface area contributed by atoms with Gasteiger partial charge in [-0.2, -0.15) is 0 Å². The van der Waals surface area contributed by atoms with Crippen LogP contribution in [-0.2, 0) is 0 Å². The van der Waals surface area contributed by atoms with Crippen LogP contribution in [0, 0.1) is 0 Å². The summed E-state index contributed by atoms with van der Waals surface area (Å²) in [6.07, 6.45) is 5.51. The maximum atomic E-state index is 6.91. The van der Waals surface area contributed by atoms with Crippen LogP contribution < -0.4 is 14.8 Å². The molecule has 5 heteroatoms. The molecule has 2 nitrogen and oxygen atoms in total. The second kappa shape index (κ2) is 9.67. The molecule has 0 heterocycles. The molecule has 0 amide bonds. The second-order valence-electron chi connectivity index (χ2n) is 6.10. The minimum absolute atomic E-state index is 0.760. The van der Waals surface area contributed by atoms with E-state index >= 15 is 0 Å². The molecule has 2 rings (SSSR count). The third kappa shape index (κ3) is 5.03. The third-order valence-electron chi connectivity index (χ3n) is 4.36. The number of unbranched alkanes of at least 4 members (excludes halogenated alkanes) is 3. The molecule has 0 saturated heterocycles. The molecule has 0 saturated carbocycles. The van der Waals surface area contributed by atoms with Crippen molar-refractivity contribution in [2.24, 2.45) is 0 Å². The van der Waals surface area contributed by atoms with Crippen molar-refractivity contribution in [3.8, 4) is 22.6 Å². The molecule has 0 spiro atoms. The summed E-state index contributed by atoms with van der Waals surface area (Å²) in [6.45, 7) is 2.20. The number of hydrogen-bond acceptors (Lipinski definition) is 2. The first-order chi connectivity index (χ1) is 12.0. The molecule has 0 N–H and O–H groups in total. The third-order valence-corrected chi connectivity index (χ3v) is 8.92. The van der Waals surface area contributed by atoms with E-state index < -0.39 is 5.97 Å². The van der Waals surface area contributed by atoms with Gasteiger partial charge in [0, 0.05) is 0 Å². The quantitative estimate of drug-likeness (QED) is 0.347. The number of ether oxygens (including phenoxy) is 2. The molecule has 0 fully saturated rings. The summed E-state index contributed by atoms with van der Waals surface area (Å²) in [5, 5.41) is 1.03. The Hall–Kier alpha value is -0.950. The van der Waals surface area contributed by atoms with Crippen molar-refractivity contribution in [3.05, 3.63) is 42.5 Å². The molecule has 0 bridgehead atoms. The van der Waals surface area contributed by atoms with Crippen LogP contribution in [0.5, 0.6) is 11.5 Å². The minimum atomic E-state index is -2.59. The van der Waals surface area contributed by atoms with Crippen LogP contribution in [0.1, 0.15) is 32.6 Å². The Morgan fingerprint density at radius 2 is 1.48 bits per heavy atom. The molecular weight excluding hydrogens is 374 g/mol. The van der Waals surface area contributed by atoms with Gasteiger partial charge in [0.25, 0.3) is 0 Å². The fourth-order valence-corrected chi connectivity index (χ4v) is 6.74. The van der Waals surface area contributed by atoms with Gasteiger partial charge in [0.1, 0.15) is 0 Å². The Morgan fingerprint density at radius 1 is 0.840 bits per heavy atom. The van der Waals surface area contributed by atoms with E-state index in [1.807, 2.05) is 42.5 Å². The van der Waals surface area contributed by atoms with Gasteiger partial charge in [-0.25, -0.2) is 0 Å². The zero-order valence-electron chi connectivity index (χ0n) is 15.1. The summed E-state index contributed by atoms with van der Waals surface area (Å²) < 4.78 is 11.1. The van der Waals surface area contributed by atoms with Gasteiger partial charge < -0.3 is 0 Å². The average molecular weight is 401 g/mol. The van der Waals surface area contributed by atoms with Crippen LogP contribution in [-0.4, -0.2) is 20.4 Å². The number of rotatable bonds is 9. The van der Waals surface area contributed by atoms with Crippen molar-refractivity contribution >= 4 is 33.8 Å². The molecule has 0 radical (unpaired) electrons. The van der Waals surface area contributed by atoms with Crippen LogP contribution in [0.3, 0.4) is 0 Å². The summed E-state index contributed by atoms with van der Waals surface area (Å²) >= 11 is 13.8. The normalized spacial score (nSPS) is 12.0.